The minimum Gasteiger partial charge on any atom is -0.377 e. The molecule has 5 heteroatoms. The Morgan fingerprint density at radius 3 is 2.64 bits per heavy atom. The molecule has 1 aromatic carbocycles. The summed E-state index contributed by atoms with van der Waals surface area (Å²) in [5, 5.41) is 4.94. The highest BCUT2D eigenvalue weighted by Crippen LogP contribution is 2.30. The van der Waals surface area contributed by atoms with Crippen molar-refractivity contribution in [2.24, 2.45) is 0 Å². The van der Waals surface area contributed by atoms with Crippen molar-refractivity contribution in [3.05, 3.63) is 48.2 Å². The average molecular weight is 336 g/mol. The molecule has 3 aromatic rings. The summed E-state index contributed by atoms with van der Waals surface area (Å²) in [6, 6.07) is 14.8. The molecule has 1 aliphatic rings. The van der Waals surface area contributed by atoms with Gasteiger partial charge in [0.05, 0.1) is 30.6 Å². The van der Waals surface area contributed by atoms with Gasteiger partial charge < -0.3 is 9.64 Å². The van der Waals surface area contributed by atoms with E-state index in [1.54, 1.807) is 0 Å². The van der Waals surface area contributed by atoms with Gasteiger partial charge >= 0.3 is 0 Å². The number of imidazole rings is 1. The smallest absolute Gasteiger partial charge is 0.154 e. The Balaban J connectivity index is 1.85. The topological polar surface area (TPSA) is 42.7 Å². The number of morpholine rings is 1. The zero-order chi connectivity index (χ0) is 17.4. The van der Waals surface area contributed by atoms with Crippen molar-refractivity contribution in [2.75, 3.05) is 24.7 Å². The number of rotatable bonds is 3. The van der Waals surface area contributed by atoms with E-state index in [1.165, 1.54) is 0 Å². The highest BCUT2D eigenvalue weighted by molar-refractivity contribution is 5.67. The van der Waals surface area contributed by atoms with Crippen molar-refractivity contribution in [3.8, 4) is 11.3 Å². The normalized spacial score (nSPS) is 18.2. The lowest BCUT2D eigenvalue weighted by Crippen LogP contribution is -2.44. The molecule has 1 fully saturated rings. The summed E-state index contributed by atoms with van der Waals surface area (Å²) >= 11 is 0. The van der Waals surface area contributed by atoms with Crippen LogP contribution in [0.25, 0.3) is 16.9 Å². The summed E-state index contributed by atoms with van der Waals surface area (Å²) in [6.07, 6.45) is 0. The maximum atomic E-state index is 5.56. The van der Waals surface area contributed by atoms with E-state index in [0.29, 0.717) is 12.0 Å². The molecule has 0 radical (unpaired) electrons. The molecule has 25 heavy (non-hydrogen) atoms. The summed E-state index contributed by atoms with van der Waals surface area (Å²) < 4.78 is 7.57. The molecular weight excluding hydrogens is 312 g/mol. The average Bonchev–Trinajstić information content (AvgIpc) is 3.02. The largest absolute Gasteiger partial charge is 0.377 e. The van der Waals surface area contributed by atoms with Crippen LogP contribution in [0.4, 0.5) is 5.82 Å². The standard InChI is InChI=1S/C20H24N4O/c1-14(2)20-19(16-7-5-4-6-8-16)21-17-9-10-18(22-24(17)20)23-11-12-25-13-15(23)3/h4-10,14-15H,11-13H2,1-3H3/t15-/m1/s1. The fourth-order valence-electron chi connectivity index (χ4n) is 3.49. The first-order valence-electron chi connectivity index (χ1n) is 8.94. The fraction of sp³-hybridized carbons (Fsp3) is 0.400. The molecule has 0 bridgehead atoms. The van der Waals surface area contributed by atoms with Crippen LogP contribution in [0.3, 0.4) is 0 Å². The third-order valence-corrected chi connectivity index (χ3v) is 4.75. The van der Waals surface area contributed by atoms with E-state index in [9.17, 15) is 0 Å². The van der Waals surface area contributed by atoms with E-state index in [2.05, 4.69) is 62.1 Å². The number of anilines is 1. The van der Waals surface area contributed by atoms with Crippen LogP contribution in [0.15, 0.2) is 42.5 Å². The van der Waals surface area contributed by atoms with Gasteiger partial charge in [-0.25, -0.2) is 9.50 Å². The van der Waals surface area contributed by atoms with Gasteiger partial charge in [0.1, 0.15) is 5.82 Å². The summed E-state index contributed by atoms with van der Waals surface area (Å²) in [5.41, 5.74) is 4.21. The molecule has 1 saturated heterocycles. The first-order valence-corrected chi connectivity index (χ1v) is 8.94. The van der Waals surface area contributed by atoms with Crippen LogP contribution in [0, 0.1) is 0 Å². The lowest BCUT2D eigenvalue weighted by atomic mass is 10.0. The summed E-state index contributed by atoms with van der Waals surface area (Å²) in [5.74, 6) is 1.32. The first kappa shape index (κ1) is 16.1. The van der Waals surface area contributed by atoms with Crippen molar-refractivity contribution in [1.29, 1.82) is 0 Å². The minimum absolute atomic E-state index is 0.329. The predicted octanol–water partition coefficient (Wildman–Crippen LogP) is 3.74. The van der Waals surface area contributed by atoms with Gasteiger partial charge in [0, 0.05) is 12.1 Å². The fourth-order valence-corrected chi connectivity index (χ4v) is 3.49. The molecule has 3 heterocycles. The zero-order valence-corrected chi connectivity index (χ0v) is 15.0. The van der Waals surface area contributed by atoms with Crippen LogP contribution in [-0.2, 0) is 4.74 Å². The van der Waals surface area contributed by atoms with E-state index in [4.69, 9.17) is 14.8 Å². The SMILES string of the molecule is CC(C)c1c(-c2ccccc2)nc2ccc(N3CCOC[C@H]3C)nn12. The number of hydrogen-bond acceptors (Lipinski definition) is 4. The minimum atomic E-state index is 0.329. The van der Waals surface area contributed by atoms with Gasteiger partial charge in [-0.15, -0.1) is 5.10 Å². The van der Waals surface area contributed by atoms with E-state index in [0.717, 1.165) is 48.2 Å². The number of hydrogen-bond donors (Lipinski definition) is 0. The Labute approximate surface area is 148 Å². The van der Waals surface area contributed by atoms with Gasteiger partial charge in [0.2, 0.25) is 0 Å². The van der Waals surface area contributed by atoms with Crippen LogP contribution in [0.1, 0.15) is 32.4 Å². The molecule has 5 nitrogen and oxygen atoms in total. The molecule has 130 valence electrons. The second kappa shape index (κ2) is 6.48. The van der Waals surface area contributed by atoms with Gasteiger partial charge in [0.25, 0.3) is 0 Å². The van der Waals surface area contributed by atoms with Crippen molar-refractivity contribution in [2.45, 2.75) is 32.7 Å². The molecular formula is C20H24N4O. The molecule has 0 aliphatic carbocycles. The highest BCUT2D eigenvalue weighted by Gasteiger charge is 2.23. The monoisotopic (exact) mass is 336 g/mol. The molecule has 0 amide bonds. The zero-order valence-electron chi connectivity index (χ0n) is 15.0. The molecule has 0 saturated carbocycles. The van der Waals surface area contributed by atoms with Crippen LogP contribution in [0.5, 0.6) is 0 Å². The van der Waals surface area contributed by atoms with Crippen LogP contribution in [0.2, 0.25) is 0 Å². The van der Waals surface area contributed by atoms with Crippen molar-refractivity contribution >= 4 is 11.5 Å². The Hall–Kier alpha value is -2.40. The lowest BCUT2D eigenvalue weighted by molar-refractivity contribution is 0.0984. The number of fused-ring (bicyclic) bond motifs is 1. The third-order valence-electron chi connectivity index (χ3n) is 4.75. The molecule has 1 aliphatic heterocycles. The van der Waals surface area contributed by atoms with Crippen LogP contribution < -0.4 is 4.90 Å². The Morgan fingerprint density at radius 1 is 1.12 bits per heavy atom. The molecule has 0 unspecified atom stereocenters. The number of aromatic nitrogens is 3. The van der Waals surface area contributed by atoms with E-state index in [1.807, 2.05) is 10.6 Å². The van der Waals surface area contributed by atoms with E-state index >= 15 is 0 Å². The van der Waals surface area contributed by atoms with Crippen molar-refractivity contribution in [1.82, 2.24) is 14.6 Å². The van der Waals surface area contributed by atoms with Crippen LogP contribution >= 0.6 is 0 Å². The van der Waals surface area contributed by atoms with E-state index in [-0.39, 0.29) is 0 Å². The maximum Gasteiger partial charge on any atom is 0.154 e. The Bertz CT molecular complexity index is 872. The number of ether oxygens (including phenoxy) is 1. The third kappa shape index (κ3) is 2.89. The summed E-state index contributed by atoms with van der Waals surface area (Å²) in [6.45, 7) is 8.94. The lowest BCUT2D eigenvalue weighted by Gasteiger charge is -2.34. The first-order chi connectivity index (χ1) is 12.1. The van der Waals surface area contributed by atoms with Gasteiger partial charge in [-0.05, 0) is 25.0 Å². The van der Waals surface area contributed by atoms with Gasteiger partial charge in [0.15, 0.2) is 5.65 Å². The van der Waals surface area contributed by atoms with Crippen molar-refractivity contribution < 1.29 is 4.74 Å². The van der Waals surface area contributed by atoms with Crippen LogP contribution in [-0.4, -0.2) is 40.4 Å². The molecule has 4 rings (SSSR count). The number of benzene rings is 1. The van der Waals surface area contributed by atoms with Gasteiger partial charge in [-0.2, -0.15) is 0 Å². The number of nitrogens with zero attached hydrogens (tertiary/aromatic N) is 4. The van der Waals surface area contributed by atoms with Crippen molar-refractivity contribution in [3.63, 3.8) is 0 Å². The summed E-state index contributed by atoms with van der Waals surface area (Å²) in [7, 11) is 0. The second-order valence-corrected chi connectivity index (χ2v) is 6.95. The molecule has 0 spiro atoms. The summed E-state index contributed by atoms with van der Waals surface area (Å²) in [4.78, 5) is 7.18. The Morgan fingerprint density at radius 2 is 1.92 bits per heavy atom. The quantitative estimate of drug-likeness (QED) is 0.731. The van der Waals surface area contributed by atoms with Gasteiger partial charge in [-0.3, -0.25) is 0 Å². The van der Waals surface area contributed by atoms with E-state index < -0.39 is 0 Å². The second-order valence-electron chi connectivity index (χ2n) is 6.95. The molecule has 2 aromatic heterocycles. The highest BCUT2D eigenvalue weighted by atomic mass is 16.5. The van der Waals surface area contributed by atoms with Gasteiger partial charge in [-0.1, -0.05) is 44.2 Å². The molecule has 1 atom stereocenters. The predicted molar refractivity (Wildman–Crippen MR) is 100 cm³/mol. The Kier molecular flexibility index (Phi) is 4.17. The maximum absolute atomic E-state index is 5.56. The molecule has 0 N–H and O–H groups in total.